The molecule has 1 N–H and O–H groups in total. The molecule has 0 saturated carbocycles. The van der Waals surface area contributed by atoms with Gasteiger partial charge in [-0.3, -0.25) is 10.1 Å². The molecule has 0 aliphatic heterocycles. The van der Waals surface area contributed by atoms with Crippen molar-refractivity contribution in [2.75, 3.05) is 11.9 Å². The summed E-state index contributed by atoms with van der Waals surface area (Å²) in [5, 5.41) is 19.9. The van der Waals surface area contributed by atoms with Gasteiger partial charge in [-0.15, -0.1) is 0 Å². The molecular weight excluding hydrogens is 318 g/mol. The standard InChI is InChI=1S/C11H14BrN3O4/c1-4-7(11(16)17)14(3)10-9(12)6(2)8(5-13-10)15(18)19/h5,7H,4H2,1-3H3,(H,16,17). The minimum atomic E-state index is -0.963. The van der Waals surface area contributed by atoms with Gasteiger partial charge in [-0.25, -0.2) is 9.78 Å². The first kappa shape index (κ1) is 15.4. The van der Waals surface area contributed by atoms with E-state index in [-0.39, 0.29) is 5.69 Å². The molecule has 0 saturated heterocycles. The van der Waals surface area contributed by atoms with E-state index in [1.54, 1.807) is 20.9 Å². The van der Waals surface area contributed by atoms with Crippen LogP contribution in [0.1, 0.15) is 18.9 Å². The summed E-state index contributed by atoms with van der Waals surface area (Å²) >= 11 is 3.25. The molecule has 104 valence electrons. The van der Waals surface area contributed by atoms with E-state index in [0.717, 1.165) is 6.20 Å². The van der Waals surface area contributed by atoms with E-state index in [4.69, 9.17) is 5.11 Å². The van der Waals surface area contributed by atoms with Crippen molar-refractivity contribution in [1.82, 2.24) is 4.98 Å². The van der Waals surface area contributed by atoms with Crippen LogP contribution in [0.2, 0.25) is 0 Å². The molecule has 1 heterocycles. The molecule has 7 nitrogen and oxygen atoms in total. The van der Waals surface area contributed by atoms with Gasteiger partial charge in [0, 0.05) is 12.6 Å². The predicted octanol–water partition coefficient (Wildman–Crippen LogP) is 2.36. The fourth-order valence-electron chi connectivity index (χ4n) is 1.75. The molecule has 0 aromatic carbocycles. The highest BCUT2D eigenvalue weighted by Gasteiger charge is 2.26. The second-order valence-corrected chi connectivity index (χ2v) is 4.83. The molecule has 1 aromatic heterocycles. The summed E-state index contributed by atoms with van der Waals surface area (Å²) in [6.45, 7) is 3.34. The lowest BCUT2D eigenvalue weighted by atomic mass is 10.2. The summed E-state index contributed by atoms with van der Waals surface area (Å²) in [6.07, 6.45) is 1.54. The zero-order chi connectivity index (χ0) is 14.7. The van der Waals surface area contributed by atoms with Gasteiger partial charge >= 0.3 is 5.97 Å². The number of anilines is 1. The molecule has 0 fully saturated rings. The van der Waals surface area contributed by atoms with Crippen molar-refractivity contribution in [3.05, 3.63) is 26.3 Å². The summed E-state index contributed by atoms with van der Waals surface area (Å²) in [4.78, 5) is 26.9. The second kappa shape index (κ2) is 5.96. The van der Waals surface area contributed by atoms with Crippen LogP contribution in [0.4, 0.5) is 11.5 Å². The fraction of sp³-hybridized carbons (Fsp3) is 0.455. The Bertz CT molecular complexity index is 521. The van der Waals surface area contributed by atoms with E-state index in [0.29, 0.717) is 22.3 Å². The molecule has 19 heavy (non-hydrogen) atoms. The lowest BCUT2D eigenvalue weighted by Gasteiger charge is -2.26. The van der Waals surface area contributed by atoms with Crippen molar-refractivity contribution >= 4 is 33.4 Å². The van der Waals surface area contributed by atoms with Crippen LogP contribution >= 0.6 is 15.9 Å². The maximum Gasteiger partial charge on any atom is 0.326 e. The van der Waals surface area contributed by atoms with Crippen LogP contribution in [0.3, 0.4) is 0 Å². The number of hydrogen-bond donors (Lipinski definition) is 1. The van der Waals surface area contributed by atoms with Crippen LogP contribution in [-0.4, -0.2) is 34.1 Å². The SMILES string of the molecule is CCC(C(=O)O)N(C)c1ncc([N+](=O)[O-])c(C)c1Br. The number of carboxylic acid groups (broad SMARTS) is 1. The third-order valence-electron chi connectivity index (χ3n) is 2.89. The number of likely N-dealkylation sites (N-methyl/N-ethyl adjacent to an activating group) is 1. The number of nitrogens with zero attached hydrogens (tertiary/aromatic N) is 3. The van der Waals surface area contributed by atoms with Crippen molar-refractivity contribution in [3.8, 4) is 0 Å². The Morgan fingerprint density at radius 3 is 2.68 bits per heavy atom. The van der Waals surface area contributed by atoms with Crippen LogP contribution < -0.4 is 4.90 Å². The Hall–Kier alpha value is -1.70. The van der Waals surface area contributed by atoms with Gasteiger partial charge < -0.3 is 10.0 Å². The number of hydrogen-bond acceptors (Lipinski definition) is 5. The Balaban J connectivity index is 3.26. The van der Waals surface area contributed by atoms with Gasteiger partial charge in [-0.05, 0) is 29.3 Å². The Morgan fingerprint density at radius 1 is 1.68 bits per heavy atom. The molecule has 1 unspecified atom stereocenters. The number of aliphatic carboxylic acids is 1. The van der Waals surface area contributed by atoms with E-state index >= 15 is 0 Å². The van der Waals surface area contributed by atoms with Crippen LogP contribution in [-0.2, 0) is 4.79 Å². The largest absolute Gasteiger partial charge is 0.480 e. The average molecular weight is 332 g/mol. The van der Waals surface area contributed by atoms with Crippen LogP contribution in [0.25, 0.3) is 0 Å². The number of carbonyl (C=O) groups is 1. The van der Waals surface area contributed by atoms with Crippen molar-refractivity contribution < 1.29 is 14.8 Å². The van der Waals surface area contributed by atoms with Gasteiger partial charge in [0.05, 0.1) is 9.40 Å². The maximum atomic E-state index is 11.1. The number of rotatable bonds is 5. The molecule has 0 aliphatic rings. The fourth-order valence-corrected chi connectivity index (χ4v) is 2.33. The predicted molar refractivity (Wildman–Crippen MR) is 73.4 cm³/mol. The summed E-state index contributed by atoms with van der Waals surface area (Å²) < 4.78 is 0.434. The summed E-state index contributed by atoms with van der Waals surface area (Å²) in [7, 11) is 1.60. The van der Waals surface area contributed by atoms with Gasteiger partial charge in [0.1, 0.15) is 18.1 Å². The number of halogens is 1. The van der Waals surface area contributed by atoms with Gasteiger partial charge in [0.15, 0.2) is 0 Å². The topological polar surface area (TPSA) is 96.6 Å². The Morgan fingerprint density at radius 2 is 2.26 bits per heavy atom. The Labute approximate surface area is 118 Å². The lowest BCUT2D eigenvalue weighted by Crippen LogP contribution is -2.38. The number of carboxylic acids is 1. The summed E-state index contributed by atoms with van der Waals surface area (Å²) in [5.41, 5.74) is 0.314. The normalized spacial score (nSPS) is 12.0. The minimum Gasteiger partial charge on any atom is -0.480 e. The molecule has 1 atom stereocenters. The minimum absolute atomic E-state index is 0.104. The van der Waals surface area contributed by atoms with Crippen LogP contribution in [0.5, 0.6) is 0 Å². The van der Waals surface area contributed by atoms with Crippen molar-refractivity contribution in [3.63, 3.8) is 0 Å². The average Bonchev–Trinajstić information content (AvgIpc) is 2.32. The van der Waals surface area contributed by atoms with Crippen molar-refractivity contribution in [2.45, 2.75) is 26.3 Å². The van der Waals surface area contributed by atoms with Gasteiger partial charge in [-0.2, -0.15) is 0 Å². The molecule has 0 amide bonds. The highest BCUT2D eigenvalue weighted by molar-refractivity contribution is 9.10. The Kier molecular flexibility index (Phi) is 4.82. The van der Waals surface area contributed by atoms with Gasteiger partial charge in [0.2, 0.25) is 0 Å². The van der Waals surface area contributed by atoms with Crippen LogP contribution in [0.15, 0.2) is 10.7 Å². The van der Waals surface area contributed by atoms with E-state index in [1.165, 1.54) is 4.90 Å². The zero-order valence-corrected chi connectivity index (χ0v) is 12.3. The van der Waals surface area contributed by atoms with E-state index < -0.39 is 16.9 Å². The number of pyridine rings is 1. The lowest BCUT2D eigenvalue weighted by molar-refractivity contribution is -0.385. The first-order chi connectivity index (χ1) is 8.81. The van der Waals surface area contributed by atoms with Gasteiger partial charge in [0.25, 0.3) is 5.69 Å². The van der Waals surface area contributed by atoms with E-state index in [2.05, 4.69) is 20.9 Å². The van der Waals surface area contributed by atoms with Crippen LogP contribution in [0, 0.1) is 17.0 Å². The molecule has 0 bridgehead atoms. The summed E-state index contributed by atoms with van der Waals surface area (Å²) in [5.74, 6) is -0.591. The van der Waals surface area contributed by atoms with Gasteiger partial charge in [-0.1, -0.05) is 6.92 Å². The number of nitro groups is 1. The highest BCUT2D eigenvalue weighted by atomic mass is 79.9. The van der Waals surface area contributed by atoms with Crippen molar-refractivity contribution in [2.24, 2.45) is 0 Å². The van der Waals surface area contributed by atoms with E-state index in [1.807, 2.05) is 0 Å². The quantitative estimate of drug-likeness (QED) is 0.657. The smallest absolute Gasteiger partial charge is 0.326 e. The first-order valence-corrected chi connectivity index (χ1v) is 6.35. The first-order valence-electron chi connectivity index (χ1n) is 5.56. The third kappa shape index (κ3) is 3.01. The number of aromatic nitrogens is 1. The molecule has 0 aliphatic carbocycles. The molecule has 0 radical (unpaired) electrons. The molecule has 0 spiro atoms. The molecule has 1 aromatic rings. The summed E-state index contributed by atoms with van der Waals surface area (Å²) in [6, 6.07) is -0.732. The third-order valence-corrected chi connectivity index (χ3v) is 3.84. The van der Waals surface area contributed by atoms with Crippen molar-refractivity contribution in [1.29, 1.82) is 0 Å². The molecule has 8 heteroatoms. The molecule has 1 rings (SSSR count). The second-order valence-electron chi connectivity index (χ2n) is 4.04. The monoisotopic (exact) mass is 331 g/mol. The molecular formula is C11H14BrN3O4. The zero-order valence-electron chi connectivity index (χ0n) is 10.8. The maximum absolute atomic E-state index is 11.1. The van der Waals surface area contributed by atoms with E-state index in [9.17, 15) is 14.9 Å². The highest BCUT2D eigenvalue weighted by Crippen LogP contribution is 2.33.